The summed E-state index contributed by atoms with van der Waals surface area (Å²) in [4.78, 5) is 0. The third-order valence-corrected chi connectivity index (χ3v) is 3.54. The summed E-state index contributed by atoms with van der Waals surface area (Å²) in [6, 6.07) is 10.2. The van der Waals surface area contributed by atoms with Gasteiger partial charge in [0.2, 0.25) is 8.32 Å². The molecule has 0 atom stereocenters. The third kappa shape index (κ3) is 5.84. The van der Waals surface area contributed by atoms with Gasteiger partial charge < -0.3 is 4.43 Å². The number of rotatable bonds is 3. The van der Waals surface area contributed by atoms with Crippen LogP contribution in [0.5, 0.6) is 0 Å². The molecule has 0 aliphatic rings. The average molecular weight is 266 g/mol. The van der Waals surface area contributed by atoms with E-state index >= 15 is 0 Å². The Bertz CT molecular complexity index is 388. The predicted molar refractivity (Wildman–Crippen MR) is 80.8 cm³/mol. The highest BCUT2D eigenvalue weighted by molar-refractivity contribution is 6.76. The monoisotopic (exact) mass is 265 g/mol. The molecule has 0 aliphatic carbocycles. The Balaban J connectivity index is 3.09. The van der Waals surface area contributed by atoms with Gasteiger partial charge in [-0.25, -0.2) is 0 Å². The lowest BCUT2D eigenvalue weighted by Crippen LogP contribution is -2.32. The predicted octanol–water partition coefficient (Wildman–Crippen LogP) is 4.12. The highest BCUT2D eigenvalue weighted by Gasteiger charge is 2.22. The highest BCUT2D eigenvalue weighted by Crippen LogP contribution is 2.14. The SMILES string of the molecule is C[Si](C)(C)N=C(O[Si](C)(C)C)c1ccccc1. The maximum Gasteiger partial charge on any atom is 0.244 e. The minimum atomic E-state index is -1.61. The Morgan fingerprint density at radius 3 is 1.88 bits per heavy atom. The minimum absolute atomic E-state index is 0.837. The second-order valence-electron chi connectivity index (χ2n) is 6.17. The van der Waals surface area contributed by atoms with Crippen LogP contribution >= 0.6 is 0 Å². The van der Waals surface area contributed by atoms with E-state index in [2.05, 4.69) is 51.4 Å². The van der Waals surface area contributed by atoms with E-state index in [1.807, 2.05) is 18.2 Å². The fraction of sp³-hybridized carbons (Fsp3) is 0.462. The lowest BCUT2D eigenvalue weighted by molar-refractivity contribution is 0.555. The van der Waals surface area contributed by atoms with E-state index in [1.165, 1.54) is 0 Å². The van der Waals surface area contributed by atoms with Crippen LogP contribution in [0.3, 0.4) is 0 Å². The van der Waals surface area contributed by atoms with Crippen molar-refractivity contribution >= 4 is 22.5 Å². The van der Waals surface area contributed by atoms with E-state index in [9.17, 15) is 0 Å². The van der Waals surface area contributed by atoms with Gasteiger partial charge in [0.25, 0.3) is 0 Å². The van der Waals surface area contributed by atoms with Gasteiger partial charge in [-0.1, -0.05) is 18.2 Å². The molecule has 1 rings (SSSR count). The van der Waals surface area contributed by atoms with Crippen LogP contribution in [0.25, 0.3) is 0 Å². The van der Waals surface area contributed by atoms with Gasteiger partial charge in [-0.2, -0.15) is 0 Å². The standard InChI is InChI=1S/C13H23NOSi2/c1-16(2,3)14-13(15-17(4,5)6)12-10-8-7-9-11-12/h7-11H,1-6H3. The Hall–Kier alpha value is -0.876. The minimum Gasteiger partial charge on any atom is -0.532 e. The number of nitrogens with zero attached hydrogens (tertiary/aromatic N) is 1. The zero-order valence-corrected chi connectivity index (χ0v) is 13.7. The molecule has 4 heteroatoms. The summed E-state index contributed by atoms with van der Waals surface area (Å²) in [5.41, 5.74) is 1.09. The lowest BCUT2D eigenvalue weighted by atomic mass is 10.2. The third-order valence-electron chi connectivity index (χ3n) is 1.86. The molecular weight excluding hydrogens is 242 g/mol. The Kier molecular flexibility index (Phi) is 4.33. The van der Waals surface area contributed by atoms with Crippen LogP contribution in [0.15, 0.2) is 35.0 Å². The molecule has 0 N–H and O–H groups in total. The van der Waals surface area contributed by atoms with E-state index in [4.69, 9.17) is 9.08 Å². The van der Waals surface area contributed by atoms with Crippen molar-refractivity contribution in [3.63, 3.8) is 0 Å². The van der Waals surface area contributed by atoms with E-state index in [-0.39, 0.29) is 0 Å². The first-order valence-electron chi connectivity index (χ1n) is 6.02. The van der Waals surface area contributed by atoms with Gasteiger partial charge in [-0.05, 0) is 51.4 Å². The molecule has 0 aliphatic heterocycles. The first kappa shape index (κ1) is 14.2. The average Bonchev–Trinajstić information content (AvgIpc) is 2.14. The summed E-state index contributed by atoms with van der Waals surface area (Å²) in [5, 5.41) is 0. The van der Waals surface area contributed by atoms with Crippen molar-refractivity contribution in [2.45, 2.75) is 39.3 Å². The first-order valence-corrected chi connectivity index (χ1v) is 12.9. The summed E-state index contributed by atoms with van der Waals surface area (Å²) in [5.74, 6) is 0.837. The van der Waals surface area contributed by atoms with Crippen LogP contribution in [0.1, 0.15) is 5.56 Å². The van der Waals surface area contributed by atoms with Crippen molar-refractivity contribution < 1.29 is 4.43 Å². The molecule has 0 bridgehead atoms. The lowest BCUT2D eigenvalue weighted by Gasteiger charge is -2.23. The van der Waals surface area contributed by atoms with E-state index in [1.54, 1.807) is 0 Å². The molecule has 94 valence electrons. The second kappa shape index (κ2) is 5.18. The molecule has 2 nitrogen and oxygen atoms in total. The van der Waals surface area contributed by atoms with Crippen molar-refractivity contribution in [3.8, 4) is 0 Å². The quantitative estimate of drug-likeness (QED) is 0.458. The molecule has 0 radical (unpaired) electrons. The molecule has 0 spiro atoms. The number of hydrogen-bond acceptors (Lipinski definition) is 2. The van der Waals surface area contributed by atoms with Crippen molar-refractivity contribution in [2.24, 2.45) is 4.66 Å². The largest absolute Gasteiger partial charge is 0.532 e. The van der Waals surface area contributed by atoms with Crippen molar-refractivity contribution in [3.05, 3.63) is 35.9 Å². The van der Waals surface area contributed by atoms with Gasteiger partial charge in [0, 0.05) is 5.56 Å². The number of hydrogen-bond donors (Lipinski definition) is 0. The van der Waals surface area contributed by atoms with Crippen LogP contribution < -0.4 is 0 Å². The van der Waals surface area contributed by atoms with Gasteiger partial charge in [0.15, 0.2) is 14.1 Å². The Morgan fingerprint density at radius 2 is 1.47 bits per heavy atom. The van der Waals surface area contributed by atoms with Crippen LogP contribution in [-0.4, -0.2) is 22.5 Å². The molecular formula is C13H23NOSi2. The van der Waals surface area contributed by atoms with Crippen molar-refractivity contribution in [2.75, 3.05) is 0 Å². The summed E-state index contributed by atoms with van der Waals surface area (Å²) >= 11 is 0. The van der Waals surface area contributed by atoms with Crippen LogP contribution in [0.2, 0.25) is 39.3 Å². The highest BCUT2D eigenvalue weighted by atomic mass is 28.4. The van der Waals surface area contributed by atoms with Crippen LogP contribution in [-0.2, 0) is 4.43 Å². The normalized spacial score (nSPS) is 13.6. The molecule has 0 saturated carbocycles. The zero-order valence-electron chi connectivity index (χ0n) is 11.7. The number of benzene rings is 1. The molecule has 0 heterocycles. The van der Waals surface area contributed by atoms with Crippen molar-refractivity contribution in [1.29, 1.82) is 0 Å². The molecule has 1 aromatic rings. The fourth-order valence-electron chi connectivity index (χ4n) is 1.32. The maximum absolute atomic E-state index is 6.12. The summed E-state index contributed by atoms with van der Waals surface area (Å²) < 4.78 is 11.0. The van der Waals surface area contributed by atoms with E-state index < -0.39 is 16.6 Å². The maximum atomic E-state index is 6.12. The zero-order chi connectivity index (χ0) is 13.1. The second-order valence-corrected chi connectivity index (χ2v) is 15.2. The molecule has 17 heavy (non-hydrogen) atoms. The molecule has 0 saturated heterocycles. The van der Waals surface area contributed by atoms with Gasteiger partial charge in [0.1, 0.15) is 0 Å². The Labute approximate surface area is 107 Å². The van der Waals surface area contributed by atoms with E-state index in [0.717, 1.165) is 11.5 Å². The van der Waals surface area contributed by atoms with Gasteiger partial charge in [0.05, 0.1) is 0 Å². The summed E-state index contributed by atoms with van der Waals surface area (Å²) in [6.07, 6.45) is 0. The van der Waals surface area contributed by atoms with Gasteiger partial charge >= 0.3 is 0 Å². The Morgan fingerprint density at radius 1 is 0.941 bits per heavy atom. The fourth-order valence-corrected chi connectivity index (χ4v) is 2.94. The molecule has 0 amide bonds. The molecule has 0 aromatic heterocycles. The molecule has 0 fully saturated rings. The molecule has 1 aromatic carbocycles. The first-order chi connectivity index (χ1) is 7.67. The summed E-state index contributed by atoms with van der Waals surface area (Å²) in [7, 11) is -3.13. The smallest absolute Gasteiger partial charge is 0.244 e. The van der Waals surface area contributed by atoms with Gasteiger partial charge in [-0.3, -0.25) is 4.66 Å². The van der Waals surface area contributed by atoms with Crippen LogP contribution in [0, 0.1) is 0 Å². The van der Waals surface area contributed by atoms with Gasteiger partial charge in [-0.15, -0.1) is 0 Å². The summed E-state index contributed by atoms with van der Waals surface area (Å²) in [6.45, 7) is 13.2. The topological polar surface area (TPSA) is 21.6 Å². The van der Waals surface area contributed by atoms with Crippen molar-refractivity contribution in [1.82, 2.24) is 0 Å². The molecule has 0 unspecified atom stereocenters. The van der Waals surface area contributed by atoms with E-state index in [0.29, 0.717) is 0 Å². The van der Waals surface area contributed by atoms with Crippen LogP contribution in [0.4, 0.5) is 0 Å².